The summed E-state index contributed by atoms with van der Waals surface area (Å²) in [5, 5.41) is 0. The highest BCUT2D eigenvalue weighted by Crippen LogP contribution is 2.43. The maximum atomic E-state index is 12.1. The molecule has 0 aliphatic heterocycles. The first-order chi connectivity index (χ1) is 8.34. The summed E-state index contributed by atoms with van der Waals surface area (Å²) in [6, 6.07) is 6.47. The molecule has 0 spiro atoms. The molecule has 1 atom stereocenters. The Bertz CT molecular complexity index is 484. The van der Waals surface area contributed by atoms with Crippen LogP contribution in [0.4, 0.5) is 0 Å². The van der Waals surface area contributed by atoms with Gasteiger partial charge in [-0.05, 0) is 29.4 Å². The summed E-state index contributed by atoms with van der Waals surface area (Å²) in [6.45, 7) is 11.2. The van der Waals surface area contributed by atoms with Crippen LogP contribution in [-0.4, -0.2) is 5.78 Å². The normalized spacial score (nSPS) is 23.3. The van der Waals surface area contributed by atoms with E-state index in [1.807, 2.05) is 6.07 Å². The van der Waals surface area contributed by atoms with E-state index in [2.05, 4.69) is 46.8 Å². The van der Waals surface area contributed by atoms with E-state index in [1.54, 1.807) is 0 Å². The zero-order chi connectivity index (χ0) is 13.6. The standard InChI is InChI=1S/C17H24O/c1-6-16(3,4)12-8-9-13-14(10-12)17(5,7-2)11-15(13)18/h8-10H,6-7,11H2,1-5H3. The number of ketones is 1. The Labute approximate surface area is 111 Å². The minimum absolute atomic E-state index is 0.0479. The fourth-order valence-electron chi connectivity index (χ4n) is 2.77. The van der Waals surface area contributed by atoms with Crippen LogP contribution in [0.3, 0.4) is 0 Å². The third-order valence-electron chi connectivity index (χ3n) is 4.97. The molecule has 1 aromatic rings. The number of Topliss-reactive ketones (excluding diaryl/α,β-unsaturated/α-hetero) is 1. The van der Waals surface area contributed by atoms with Crippen LogP contribution >= 0.6 is 0 Å². The summed E-state index contributed by atoms with van der Waals surface area (Å²) in [4.78, 5) is 12.1. The zero-order valence-corrected chi connectivity index (χ0v) is 12.3. The van der Waals surface area contributed by atoms with Crippen molar-refractivity contribution in [2.75, 3.05) is 0 Å². The summed E-state index contributed by atoms with van der Waals surface area (Å²) < 4.78 is 0. The van der Waals surface area contributed by atoms with E-state index in [9.17, 15) is 4.79 Å². The summed E-state index contributed by atoms with van der Waals surface area (Å²) in [5.41, 5.74) is 3.82. The smallest absolute Gasteiger partial charge is 0.164 e. The summed E-state index contributed by atoms with van der Waals surface area (Å²) >= 11 is 0. The molecule has 1 heteroatoms. The number of carbonyl (C=O) groups excluding carboxylic acids is 1. The molecule has 0 radical (unpaired) electrons. The third kappa shape index (κ3) is 1.90. The van der Waals surface area contributed by atoms with Crippen LogP contribution in [0.5, 0.6) is 0 Å². The van der Waals surface area contributed by atoms with E-state index in [0.29, 0.717) is 12.2 Å². The van der Waals surface area contributed by atoms with Crippen LogP contribution < -0.4 is 0 Å². The molecule has 0 saturated carbocycles. The van der Waals surface area contributed by atoms with Gasteiger partial charge in [0.15, 0.2) is 5.78 Å². The second-order valence-corrected chi connectivity index (χ2v) is 6.51. The minimum Gasteiger partial charge on any atom is -0.294 e. The first-order valence-corrected chi connectivity index (χ1v) is 7.02. The van der Waals surface area contributed by atoms with Crippen molar-refractivity contribution in [3.8, 4) is 0 Å². The third-order valence-corrected chi connectivity index (χ3v) is 4.97. The molecule has 1 unspecified atom stereocenters. The molecule has 1 aliphatic rings. The van der Waals surface area contributed by atoms with E-state index in [0.717, 1.165) is 18.4 Å². The Morgan fingerprint density at radius 2 is 1.94 bits per heavy atom. The Kier molecular flexibility index (Phi) is 3.12. The van der Waals surface area contributed by atoms with Gasteiger partial charge in [-0.1, -0.05) is 52.8 Å². The highest BCUT2D eigenvalue weighted by Gasteiger charge is 2.38. The second kappa shape index (κ2) is 4.22. The summed E-state index contributed by atoms with van der Waals surface area (Å²) in [5.74, 6) is 0.315. The molecule has 2 rings (SSSR count). The molecule has 18 heavy (non-hydrogen) atoms. The Morgan fingerprint density at radius 3 is 2.50 bits per heavy atom. The predicted molar refractivity (Wildman–Crippen MR) is 76.3 cm³/mol. The highest BCUT2D eigenvalue weighted by molar-refractivity contribution is 6.02. The number of carbonyl (C=O) groups is 1. The average molecular weight is 244 g/mol. The quantitative estimate of drug-likeness (QED) is 0.757. The molecule has 1 aromatic carbocycles. The van der Waals surface area contributed by atoms with Gasteiger partial charge in [0, 0.05) is 17.4 Å². The molecule has 0 amide bonds. The summed E-state index contributed by atoms with van der Waals surface area (Å²) in [7, 11) is 0. The Hall–Kier alpha value is -1.11. The van der Waals surface area contributed by atoms with E-state index in [4.69, 9.17) is 0 Å². The number of benzene rings is 1. The Morgan fingerprint density at radius 1 is 1.28 bits per heavy atom. The van der Waals surface area contributed by atoms with Crippen molar-refractivity contribution in [2.45, 2.75) is 64.7 Å². The molecule has 0 heterocycles. The lowest BCUT2D eigenvalue weighted by Crippen LogP contribution is -2.20. The molecular weight excluding hydrogens is 220 g/mol. The van der Waals surface area contributed by atoms with Gasteiger partial charge in [0.25, 0.3) is 0 Å². The molecule has 1 nitrogen and oxygen atoms in total. The number of fused-ring (bicyclic) bond motifs is 1. The van der Waals surface area contributed by atoms with Crippen LogP contribution in [0.1, 0.15) is 75.4 Å². The van der Waals surface area contributed by atoms with Gasteiger partial charge in [-0.3, -0.25) is 4.79 Å². The van der Waals surface area contributed by atoms with E-state index in [-0.39, 0.29) is 10.8 Å². The van der Waals surface area contributed by atoms with Gasteiger partial charge in [-0.2, -0.15) is 0 Å². The molecule has 0 aromatic heterocycles. The fraction of sp³-hybridized carbons (Fsp3) is 0.588. The van der Waals surface area contributed by atoms with Crippen molar-refractivity contribution in [3.63, 3.8) is 0 Å². The first-order valence-electron chi connectivity index (χ1n) is 7.02. The SMILES string of the molecule is CCC(C)(C)c1ccc2c(c1)C(C)(CC)CC2=O. The van der Waals surface area contributed by atoms with E-state index in [1.165, 1.54) is 11.1 Å². The van der Waals surface area contributed by atoms with Crippen molar-refractivity contribution in [2.24, 2.45) is 0 Å². The Balaban J connectivity index is 2.56. The lowest BCUT2D eigenvalue weighted by molar-refractivity contribution is 0.0975. The van der Waals surface area contributed by atoms with Crippen LogP contribution in [0.15, 0.2) is 18.2 Å². The highest BCUT2D eigenvalue weighted by atomic mass is 16.1. The van der Waals surface area contributed by atoms with Gasteiger partial charge >= 0.3 is 0 Å². The van der Waals surface area contributed by atoms with Gasteiger partial charge in [0.1, 0.15) is 0 Å². The molecule has 0 bridgehead atoms. The van der Waals surface area contributed by atoms with Crippen molar-refractivity contribution >= 4 is 5.78 Å². The maximum Gasteiger partial charge on any atom is 0.164 e. The maximum absolute atomic E-state index is 12.1. The average Bonchev–Trinajstić information content (AvgIpc) is 2.62. The second-order valence-electron chi connectivity index (χ2n) is 6.51. The fourth-order valence-corrected chi connectivity index (χ4v) is 2.77. The van der Waals surface area contributed by atoms with Gasteiger partial charge < -0.3 is 0 Å². The van der Waals surface area contributed by atoms with Gasteiger partial charge in [-0.15, -0.1) is 0 Å². The summed E-state index contributed by atoms with van der Waals surface area (Å²) in [6.07, 6.45) is 2.82. The number of rotatable bonds is 3. The lowest BCUT2D eigenvalue weighted by atomic mass is 9.77. The zero-order valence-electron chi connectivity index (χ0n) is 12.3. The van der Waals surface area contributed by atoms with Crippen LogP contribution in [0.2, 0.25) is 0 Å². The molecule has 98 valence electrons. The van der Waals surface area contributed by atoms with E-state index < -0.39 is 0 Å². The van der Waals surface area contributed by atoms with Gasteiger partial charge in [0.2, 0.25) is 0 Å². The van der Waals surface area contributed by atoms with Crippen molar-refractivity contribution < 1.29 is 4.79 Å². The largest absolute Gasteiger partial charge is 0.294 e. The van der Waals surface area contributed by atoms with Crippen LogP contribution in [0, 0.1) is 0 Å². The topological polar surface area (TPSA) is 17.1 Å². The van der Waals surface area contributed by atoms with Gasteiger partial charge in [0.05, 0.1) is 0 Å². The predicted octanol–water partition coefficient (Wildman–Crippen LogP) is 4.63. The van der Waals surface area contributed by atoms with Crippen LogP contribution in [0.25, 0.3) is 0 Å². The molecule has 0 saturated heterocycles. The minimum atomic E-state index is 0.0479. The van der Waals surface area contributed by atoms with Crippen molar-refractivity contribution in [1.82, 2.24) is 0 Å². The van der Waals surface area contributed by atoms with E-state index >= 15 is 0 Å². The number of hydrogen-bond donors (Lipinski definition) is 0. The molecular formula is C17H24O. The molecule has 0 N–H and O–H groups in total. The van der Waals surface area contributed by atoms with Crippen LogP contribution in [-0.2, 0) is 10.8 Å². The molecule has 1 aliphatic carbocycles. The first kappa shape index (κ1) is 13.3. The number of hydrogen-bond acceptors (Lipinski definition) is 1. The van der Waals surface area contributed by atoms with Crippen molar-refractivity contribution in [1.29, 1.82) is 0 Å². The monoisotopic (exact) mass is 244 g/mol. The lowest BCUT2D eigenvalue weighted by Gasteiger charge is -2.27. The van der Waals surface area contributed by atoms with Gasteiger partial charge in [-0.25, -0.2) is 0 Å². The van der Waals surface area contributed by atoms with Crippen molar-refractivity contribution in [3.05, 3.63) is 34.9 Å². The molecule has 0 fully saturated rings.